The Morgan fingerprint density at radius 3 is 2.50 bits per heavy atom. The highest BCUT2D eigenvalue weighted by Gasteiger charge is 2.32. The normalized spacial score (nSPS) is 31.2. The summed E-state index contributed by atoms with van der Waals surface area (Å²) in [7, 11) is 0. The van der Waals surface area contributed by atoms with Crippen LogP contribution in [0.4, 0.5) is 4.39 Å². The van der Waals surface area contributed by atoms with Gasteiger partial charge in [-0.15, -0.1) is 0 Å². The number of halogens is 2. The molecule has 1 atom stereocenters. The SMILES string of the molecule is O=C1CC(C2=CCC(F)(Cl)C=C2)CC(=O)O1. The Morgan fingerprint density at radius 2 is 2.00 bits per heavy atom. The van der Waals surface area contributed by atoms with E-state index in [1.165, 1.54) is 12.2 Å². The summed E-state index contributed by atoms with van der Waals surface area (Å²) in [4.78, 5) is 22.1. The van der Waals surface area contributed by atoms with Crippen LogP contribution in [0.1, 0.15) is 19.3 Å². The van der Waals surface area contributed by atoms with E-state index < -0.39 is 17.1 Å². The number of allylic oxidation sites excluding steroid dienone is 4. The van der Waals surface area contributed by atoms with Gasteiger partial charge in [-0.25, -0.2) is 4.39 Å². The van der Waals surface area contributed by atoms with E-state index in [9.17, 15) is 14.0 Å². The van der Waals surface area contributed by atoms with Gasteiger partial charge < -0.3 is 4.74 Å². The average molecular weight is 245 g/mol. The molecule has 0 amide bonds. The molecule has 0 aromatic carbocycles. The summed E-state index contributed by atoms with van der Waals surface area (Å²) < 4.78 is 17.7. The van der Waals surface area contributed by atoms with Crippen molar-refractivity contribution in [1.82, 2.24) is 0 Å². The summed E-state index contributed by atoms with van der Waals surface area (Å²) in [6.45, 7) is 0. The lowest BCUT2D eigenvalue weighted by Gasteiger charge is -2.24. The first-order valence-corrected chi connectivity index (χ1v) is 5.35. The van der Waals surface area contributed by atoms with Crippen molar-refractivity contribution in [3.63, 3.8) is 0 Å². The first-order chi connectivity index (χ1) is 7.46. The van der Waals surface area contributed by atoms with Gasteiger partial charge in [-0.3, -0.25) is 9.59 Å². The molecule has 0 aromatic heterocycles. The van der Waals surface area contributed by atoms with E-state index >= 15 is 0 Å². The van der Waals surface area contributed by atoms with Crippen molar-refractivity contribution in [2.75, 3.05) is 0 Å². The Labute approximate surface area is 96.9 Å². The molecule has 1 aliphatic carbocycles. The van der Waals surface area contributed by atoms with Crippen molar-refractivity contribution in [3.05, 3.63) is 23.8 Å². The average Bonchev–Trinajstić information content (AvgIpc) is 2.15. The molecule has 1 fully saturated rings. The molecule has 0 radical (unpaired) electrons. The molecule has 0 aromatic rings. The quantitative estimate of drug-likeness (QED) is 0.404. The molecular formula is C11H10ClFO3. The number of carbonyl (C=O) groups excluding carboxylic acids is 2. The topological polar surface area (TPSA) is 43.4 Å². The molecule has 0 bridgehead atoms. The Morgan fingerprint density at radius 1 is 1.38 bits per heavy atom. The number of cyclic esters (lactones) is 2. The largest absolute Gasteiger partial charge is 0.393 e. The first-order valence-electron chi connectivity index (χ1n) is 4.97. The second kappa shape index (κ2) is 4.01. The standard InChI is InChI=1S/C11H10ClFO3/c12-11(13)3-1-7(2-4-11)8-5-9(14)16-10(15)6-8/h1-3,8H,4-6H2. The van der Waals surface area contributed by atoms with Crippen LogP contribution in [0, 0.1) is 5.92 Å². The molecule has 3 nitrogen and oxygen atoms in total. The summed E-state index contributed by atoms with van der Waals surface area (Å²) >= 11 is 5.48. The van der Waals surface area contributed by atoms with Crippen LogP contribution < -0.4 is 0 Å². The van der Waals surface area contributed by atoms with Crippen LogP contribution in [-0.4, -0.2) is 17.1 Å². The van der Waals surface area contributed by atoms with Crippen LogP contribution >= 0.6 is 11.6 Å². The van der Waals surface area contributed by atoms with E-state index in [4.69, 9.17) is 11.6 Å². The van der Waals surface area contributed by atoms with Gasteiger partial charge in [0.05, 0.1) is 12.8 Å². The van der Waals surface area contributed by atoms with Crippen LogP contribution in [0.2, 0.25) is 0 Å². The highest BCUT2D eigenvalue weighted by atomic mass is 35.5. The minimum absolute atomic E-state index is 0.0557. The molecule has 2 rings (SSSR count). The molecule has 1 heterocycles. The van der Waals surface area contributed by atoms with E-state index in [2.05, 4.69) is 4.74 Å². The third-order valence-corrected chi connectivity index (χ3v) is 2.94. The number of alkyl halides is 2. The predicted octanol–water partition coefficient (Wildman–Crippen LogP) is 2.26. The summed E-state index contributed by atoms with van der Waals surface area (Å²) in [5, 5.41) is -1.84. The Balaban J connectivity index is 2.09. The van der Waals surface area contributed by atoms with Gasteiger partial charge in [0.2, 0.25) is 5.13 Å². The summed E-state index contributed by atoms with van der Waals surface area (Å²) in [6.07, 6.45) is 4.78. The van der Waals surface area contributed by atoms with Crippen molar-refractivity contribution in [2.45, 2.75) is 24.4 Å². The van der Waals surface area contributed by atoms with Gasteiger partial charge in [0.1, 0.15) is 0 Å². The lowest BCUT2D eigenvalue weighted by molar-refractivity contribution is -0.164. The fourth-order valence-electron chi connectivity index (χ4n) is 1.83. The van der Waals surface area contributed by atoms with Gasteiger partial charge in [0.25, 0.3) is 0 Å². The fraction of sp³-hybridized carbons (Fsp3) is 0.455. The van der Waals surface area contributed by atoms with Gasteiger partial charge in [0, 0.05) is 12.3 Å². The molecule has 1 unspecified atom stereocenters. The van der Waals surface area contributed by atoms with Crippen LogP contribution in [0.15, 0.2) is 23.8 Å². The molecule has 0 N–H and O–H groups in total. The highest BCUT2D eigenvalue weighted by molar-refractivity contribution is 6.24. The number of hydrogen-bond acceptors (Lipinski definition) is 3. The van der Waals surface area contributed by atoms with Crippen molar-refractivity contribution in [1.29, 1.82) is 0 Å². The predicted molar refractivity (Wildman–Crippen MR) is 55.4 cm³/mol. The van der Waals surface area contributed by atoms with Gasteiger partial charge in [0.15, 0.2) is 0 Å². The molecule has 86 valence electrons. The van der Waals surface area contributed by atoms with E-state index in [0.717, 1.165) is 5.57 Å². The maximum absolute atomic E-state index is 13.2. The zero-order valence-corrected chi connectivity index (χ0v) is 9.17. The number of esters is 2. The van der Waals surface area contributed by atoms with Crippen molar-refractivity contribution < 1.29 is 18.7 Å². The molecule has 0 spiro atoms. The van der Waals surface area contributed by atoms with Crippen LogP contribution in [0.5, 0.6) is 0 Å². The zero-order valence-electron chi connectivity index (χ0n) is 8.41. The molecule has 5 heteroatoms. The molecule has 16 heavy (non-hydrogen) atoms. The highest BCUT2D eigenvalue weighted by Crippen LogP contribution is 2.34. The molecular weight excluding hydrogens is 235 g/mol. The van der Waals surface area contributed by atoms with E-state index in [1.54, 1.807) is 6.08 Å². The van der Waals surface area contributed by atoms with E-state index in [0.29, 0.717) is 0 Å². The molecule has 0 saturated carbocycles. The third-order valence-electron chi connectivity index (χ3n) is 2.65. The summed E-state index contributed by atoms with van der Waals surface area (Å²) in [5.41, 5.74) is 0.777. The summed E-state index contributed by atoms with van der Waals surface area (Å²) in [5.74, 6) is -1.27. The number of hydrogen-bond donors (Lipinski definition) is 0. The minimum Gasteiger partial charge on any atom is -0.393 e. The van der Waals surface area contributed by atoms with Crippen molar-refractivity contribution in [3.8, 4) is 0 Å². The lowest BCUT2D eigenvalue weighted by atomic mass is 9.87. The third kappa shape index (κ3) is 2.50. The number of rotatable bonds is 1. The van der Waals surface area contributed by atoms with Crippen LogP contribution in [0.3, 0.4) is 0 Å². The Hall–Kier alpha value is -1.16. The van der Waals surface area contributed by atoms with Crippen molar-refractivity contribution in [2.24, 2.45) is 5.92 Å². The summed E-state index contributed by atoms with van der Waals surface area (Å²) in [6, 6.07) is 0. The monoisotopic (exact) mass is 244 g/mol. The maximum Gasteiger partial charge on any atom is 0.314 e. The maximum atomic E-state index is 13.2. The van der Waals surface area contributed by atoms with Crippen LogP contribution in [0.25, 0.3) is 0 Å². The molecule has 2 aliphatic rings. The van der Waals surface area contributed by atoms with Crippen molar-refractivity contribution >= 4 is 23.5 Å². The number of carbonyl (C=O) groups is 2. The van der Waals surface area contributed by atoms with Gasteiger partial charge in [-0.2, -0.15) is 0 Å². The lowest BCUT2D eigenvalue weighted by Crippen LogP contribution is -2.27. The number of ether oxygens (including phenoxy) is 1. The first kappa shape index (κ1) is 11.3. The van der Waals surface area contributed by atoms with Crippen LogP contribution in [-0.2, 0) is 14.3 Å². The Bertz CT molecular complexity index is 382. The van der Waals surface area contributed by atoms with Gasteiger partial charge >= 0.3 is 11.9 Å². The Kier molecular flexibility index (Phi) is 2.84. The molecule has 1 aliphatic heterocycles. The second-order valence-electron chi connectivity index (χ2n) is 3.95. The van der Waals surface area contributed by atoms with E-state index in [-0.39, 0.29) is 25.2 Å². The van der Waals surface area contributed by atoms with Gasteiger partial charge in [-0.1, -0.05) is 23.8 Å². The smallest absolute Gasteiger partial charge is 0.314 e. The molecule has 1 saturated heterocycles. The zero-order chi connectivity index (χ0) is 11.8. The fourth-order valence-corrected chi connectivity index (χ4v) is 1.97. The van der Waals surface area contributed by atoms with Gasteiger partial charge in [-0.05, 0) is 11.6 Å². The minimum atomic E-state index is -1.84. The second-order valence-corrected chi connectivity index (χ2v) is 4.58. The van der Waals surface area contributed by atoms with E-state index in [1.807, 2.05) is 0 Å².